The lowest BCUT2D eigenvalue weighted by atomic mass is 10.1. The van der Waals surface area contributed by atoms with Crippen LogP contribution in [0.25, 0.3) is 0 Å². The number of morpholine rings is 1. The van der Waals surface area contributed by atoms with Gasteiger partial charge in [0.15, 0.2) is 0 Å². The van der Waals surface area contributed by atoms with E-state index in [9.17, 15) is 8.42 Å². The van der Waals surface area contributed by atoms with Crippen LogP contribution in [0.15, 0.2) is 16.3 Å². The first kappa shape index (κ1) is 14.9. The van der Waals surface area contributed by atoms with Crippen LogP contribution in [0.1, 0.15) is 18.7 Å². The van der Waals surface area contributed by atoms with Crippen LogP contribution in [0.2, 0.25) is 0 Å². The first-order valence-corrected chi connectivity index (χ1v) is 8.54. The quantitative estimate of drug-likeness (QED) is 0.910. The van der Waals surface area contributed by atoms with Crippen molar-refractivity contribution in [3.05, 3.63) is 16.3 Å². The van der Waals surface area contributed by atoms with Crippen LogP contribution in [0.5, 0.6) is 0 Å². The van der Waals surface area contributed by atoms with E-state index in [4.69, 9.17) is 4.74 Å². The molecule has 0 aromatic carbocycles. The van der Waals surface area contributed by atoms with Crippen molar-refractivity contribution in [3.8, 4) is 0 Å². The number of hydrogen-bond donors (Lipinski definition) is 1. The summed E-state index contributed by atoms with van der Waals surface area (Å²) in [5.41, 5.74) is -0.426. The predicted octanol–water partition coefficient (Wildman–Crippen LogP) is 1.27. The second-order valence-corrected chi connectivity index (χ2v) is 8.09. The molecule has 1 saturated heterocycles. The number of ether oxygens (including phenoxy) is 1. The van der Waals surface area contributed by atoms with Crippen molar-refractivity contribution in [2.45, 2.75) is 30.9 Å². The number of hydrogen-bond acceptors (Lipinski definition) is 5. The van der Waals surface area contributed by atoms with Crippen LogP contribution in [-0.2, 0) is 21.3 Å². The molecule has 0 atom stereocenters. The first-order chi connectivity index (χ1) is 8.87. The van der Waals surface area contributed by atoms with Gasteiger partial charge in [-0.3, -0.25) is 0 Å². The van der Waals surface area contributed by atoms with Crippen LogP contribution in [0.3, 0.4) is 0 Å². The third kappa shape index (κ3) is 3.17. The van der Waals surface area contributed by atoms with Gasteiger partial charge in [0.25, 0.3) is 0 Å². The third-order valence-corrected chi connectivity index (χ3v) is 6.03. The highest BCUT2D eigenvalue weighted by Crippen LogP contribution is 2.28. The maximum absolute atomic E-state index is 12.7. The molecule has 1 aliphatic rings. The molecule has 0 amide bonds. The Hall–Kier alpha value is -0.470. The lowest BCUT2D eigenvalue weighted by Crippen LogP contribution is -2.50. The number of sulfonamides is 1. The fraction of sp³-hybridized carbons (Fsp3) is 0.667. The summed E-state index contributed by atoms with van der Waals surface area (Å²) in [5.74, 6) is 0. The summed E-state index contributed by atoms with van der Waals surface area (Å²) >= 11 is 1.47. The fourth-order valence-electron chi connectivity index (χ4n) is 2.17. The smallest absolute Gasteiger partial charge is 0.244 e. The Morgan fingerprint density at radius 3 is 2.89 bits per heavy atom. The zero-order valence-electron chi connectivity index (χ0n) is 11.5. The van der Waals surface area contributed by atoms with Crippen molar-refractivity contribution < 1.29 is 13.2 Å². The van der Waals surface area contributed by atoms with Crippen molar-refractivity contribution in [3.63, 3.8) is 0 Å². The van der Waals surface area contributed by atoms with E-state index in [1.165, 1.54) is 15.6 Å². The van der Waals surface area contributed by atoms with Gasteiger partial charge in [0, 0.05) is 24.5 Å². The summed E-state index contributed by atoms with van der Waals surface area (Å²) in [6.07, 6.45) is 0. The van der Waals surface area contributed by atoms with Gasteiger partial charge in [-0.2, -0.15) is 4.31 Å². The van der Waals surface area contributed by atoms with E-state index in [0.717, 1.165) is 4.88 Å². The summed E-state index contributed by atoms with van der Waals surface area (Å²) < 4.78 is 32.5. The van der Waals surface area contributed by atoms with E-state index in [-0.39, 0.29) is 0 Å². The Balaban J connectivity index is 2.29. The molecule has 7 heteroatoms. The minimum atomic E-state index is -3.42. The molecule has 0 spiro atoms. The van der Waals surface area contributed by atoms with Gasteiger partial charge in [-0.25, -0.2) is 8.42 Å². The maximum atomic E-state index is 12.7. The number of rotatable bonds is 4. The first-order valence-electron chi connectivity index (χ1n) is 6.22. The SMILES string of the molecule is CNCc1sccc1S(=O)(=O)N1CCOC(C)(C)C1. The molecular formula is C12H20N2O3S2. The van der Waals surface area contributed by atoms with E-state index in [1.807, 2.05) is 26.3 Å². The van der Waals surface area contributed by atoms with Crippen molar-refractivity contribution in [1.82, 2.24) is 9.62 Å². The average molecular weight is 304 g/mol. The van der Waals surface area contributed by atoms with Gasteiger partial charge >= 0.3 is 0 Å². The van der Waals surface area contributed by atoms with Crippen LogP contribution < -0.4 is 5.32 Å². The van der Waals surface area contributed by atoms with Crippen molar-refractivity contribution in [1.29, 1.82) is 0 Å². The molecule has 2 heterocycles. The molecule has 1 N–H and O–H groups in total. The van der Waals surface area contributed by atoms with E-state index in [1.54, 1.807) is 6.07 Å². The standard InChI is InChI=1S/C12H20N2O3S2/c1-12(2)9-14(5-6-17-12)19(15,16)11-4-7-18-10(11)8-13-3/h4,7,13H,5-6,8-9H2,1-3H3. The van der Waals surface area contributed by atoms with E-state index >= 15 is 0 Å². The molecule has 0 aliphatic carbocycles. The molecule has 108 valence electrons. The summed E-state index contributed by atoms with van der Waals surface area (Å²) in [5, 5.41) is 4.83. The Morgan fingerprint density at radius 1 is 1.53 bits per heavy atom. The highest BCUT2D eigenvalue weighted by molar-refractivity contribution is 7.89. The van der Waals surface area contributed by atoms with E-state index < -0.39 is 15.6 Å². The highest BCUT2D eigenvalue weighted by Gasteiger charge is 2.36. The molecule has 5 nitrogen and oxygen atoms in total. The second-order valence-electron chi connectivity index (χ2n) is 5.19. The third-order valence-electron chi connectivity index (χ3n) is 3.05. The van der Waals surface area contributed by atoms with E-state index in [0.29, 0.717) is 31.1 Å². The van der Waals surface area contributed by atoms with Crippen LogP contribution >= 0.6 is 11.3 Å². The van der Waals surface area contributed by atoms with Crippen LogP contribution in [0.4, 0.5) is 0 Å². The summed E-state index contributed by atoms with van der Waals surface area (Å²) in [6.45, 7) is 5.65. The Labute approximate surface area is 118 Å². The highest BCUT2D eigenvalue weighted by atomic mass is 32.2. The van der Waals surface area contributed by atoms with Crippen LogP contribution in [-0.4, -0.2) is 45.1 Å². The molecule has 1 fully saturated rings. The Kier molecular flexibility index (Phi) is 4.32. The van der Waals surface area contributed by atoms with Gasteiger partial charge in [0.1, 0.15) is 0 Å². The topological polar surface area (TPSA) is 58.6 Å². The number of nitrogens with zero attached hydrogens (tertiary/aromatic N) is 1. The molecule has 2 rings (SSSR count). The number of thiophene rings is 1. The largest absolute Gasteiger partial charge is 0.373 e. The molecular weight excluding hydrogens is 284 g/mol. The molecule has 1 aromatic rings. The Morgan fingerprint density at radius 2 is 2.26 bits per heavy atom. The molecule has 1 aliphatic heterocycles. The summed E-state index contributed by atoms with van der Waals surface area (Å²) in [4.78, 5) is 1.27. The fourth-order valence-corrected chi connectivity index (χ4v) is 5.17. The van der Waals surface area contributed by atoms with Gasteiger partial charge in [-0.05, 0) is 32.3 Å². The lowest BCUT2D eigenvalue weighted by molar-refractivity contribution is -0.0640. The molecule has 0 radical (unpaired) electrons. The van der Waals surface area contributed by atoms with E-state index in [2.05, 4.69) is 5.32 Å². The van der Waals surface area contributed by atoms with Gasteiger partial charge in [0.2, 0.25) is 10.0 Å². The lowest BCUT2D eigenvalue weighted by Gasteiger charge is -2.37. The van der Waals surface area contributed by atoms with Crippen molar-refractivity contribution >= 4 is 21.4 Å². The molecule has 0 bridgehead atoms. The van der Waals surface area contributed by atoms with Gasteiger partial charge in [-0.15, -0.1) is 11.3 Å². The normalized spacial score (nSPS) is 20.6. The molecule has 1 aromatic heterocycles. The maximum Gasteiger partial charge on any atom is 0.244 e. The number of nitrogens with one attached hydrogen (secondary N) is 1. The van der Waals surface area contributed by atoms with Gasteiger partial charge in [-0.1, -0.05) is 0 Å². The summed E-state index contributed by atoms with van der Waals surface area (Å²) in [7, 11) is -1.61. The monoisotopic (exact) mass is 304 g/mol. The van der Waals surface area contributed by atoms with Gasteiger partial charge in [0.05, 0.1) is 17.1 Å². The zero-order valence-corrected chi connectivity index (χ0v) is 13.1. The predicted molar refractivity (Wildman–Crippen MR) is 75.9 cm³/mol. The minimum absolute atomic E-state index is 0.393. The zero-order chi connectivity index (χ0) is 14.1. The van der Waals surface area contributed by atoms with Gasteiger partial charge < -0.3 is 10.1 Å². The Bertz CT molecular complexity index is 537. The average Bonchev–Trinajstić information content (AvgIpc) is 2.77. The van der Waals surface area contributed by atoms with Crippen LogP contribution in [0, 0.1) is 0 Å². The van der Waals surface area contributed by atoms with Crippen molar-refractivity contribution in [2.24, 2.45) is 0 Å². The molecule has 0 unspecified atom stereocenters. The molecule has 19 heavy (non-hydrogen) atoms. The summed E-state index contributed by atoms with van der Waals surface area (Å²) in [6, 6.07) is 1.69. The van der Waals surface area contributed by atoms with Crippen molar-refractivity contribution in [2.75, 3.05) is 26.7 Å². The minimum Gasteiger partial charge on any atom is -0.373 e. The molecule has 0 saturated carbocycles. The second kappa shape index (κ2) is 5.49.